The molecule has 0 saturated heterocycles. The first-order valence-electron chi connectivity index (χ1n) is 5.49. The van der Waals surface area contributed by atoms with E-state index in [1.807, 2.05) is 0 Å². The molecule has 0 unspecified atom stereocenters. The first-order valence-corrected chi connectivity index (χ1v) is 5.49. The van der Waals surface area contributed by atoms with Gasteiger partial charge in [-0.2, -0.15) is 0 Å². The van der Waals surface area contributed by atoms with Gasteiger partial charge in [0, 0.05) is 0 Å². The summed E-state index contributed by atoms with van der Waals surface area (Å²) >= 11 is 0. The van der Waals surface area contributed by atoms with Gasteiger partial charge >= 0.3 is 0 Å². The van der Waals surface area contributed by atoms with E-state index in [0.717, 1.165) is 25.7 Å². The van der Waals surface area contributed by atoms with Crippen LogP contribution in [0.3, 0.4) is 0 Å². The minimum Gasteiger partial charge on any atom is -0.0914 e. The van der Waals surface area contributed by atoms with Crippen LogP contribution in [0.2, 0.25) is 0 Å². The zero-order valence-corrected chi connectivity index (χ0v) is 9.45. The van der Waals surface area contributed by atoms with E-state index in [2.05, 4.69) is 62.5 Å². The Kier molecular flexibility index (Phi) is 11.1. The Morgan fingerprint density at radius 2 is 1.50 bits per heavy atom. The highest BCUT2D eigenvalue weighted by Gasteiger charge is 1.75. The molecule has 0 heteroatoms. The Hall–Kier alpha value is -1.04. The lowest BCUT2D eigenvalue weighted by Crippen LogP contribution is -1.64. The molecule has 0 atom stereocenters. The van der Waals surface area contributed by atoms with E-state index in [0.29, 0.717) is 0 Å². The van der Waals surface area contributed by atoms with Crippen LogP contribution in [0.5, 0.6) is 0 Å². The van der Waals surface area contributed by atoms with Crippen molar-refractivity contribution < 1.29 is 0 Å². The van der Waals surface area contributed by atoms with E-state index < -0.39 is 0 Å². The van der Waals surface area contributed by atoms with Gasteiger partial charge in [0.05, 0.1) is 0 Å². The van der Waals surface area contributed by atoms with Gasteiger partial charge in [0.25, 0.3) is 0 Å². The van der Waals surface area contributed by atoms with Crippen molar-refractivity contribution >= 4 is 0 Å². The van der Waals surface area contributed by atoms with E-state index in [9.17, 15) is 0 Å². The van der Waals surface area contributed by atoms with Crippen LogP contribution in [0.4, 0.5) is 0 Å². The van der Waals surface area contributed by atoms with E-state index in [1.54, 1.807) is 0 Å². The molecule has 0 saturated carbocycles. The number of allylic oxidation sites excluding steroid dienone is 8. The highest BCUT2D eigenvalue weighted by Crippen LogP contribution is 1.95. The van der Waals surface area contributed by atoms with E-state index >= 15 is 0 Å². The lowest BCUT2D eigenvalue weighted by Gasteiger charge is -1.85. The van der Waals surface area contributed by atoms with Crippen molar-refractivity contribution in [2.45, 2.75) is 39.5 Å². The van der Waals surface area contributed by atoms with Crippen LogP contribution in [0, 0.1) is 0 Å². The monoisotopic (exact) mass is 190 g/mol. The quantitative estimate of drug-likeness (QED) is 0.307. The third-order valence-corrected chi connectivity index (χ3v) is 1.79. The average Bonchev–Trinajstić information content (AvgIpc) is 2.21. The van der Waals surface area contributed by atoms with Crippen molar-refractivity contribution in [3.8, 4) is 0 Å². The largest absolute Gasteiger partial charge is 0.0914 e. The molecule has 0 aliphatic heterocycles. The standard InChI is InChI=1S/C14H22/c1-3-5-7-9-11-13-14-12-10-8-6-4-2/h3,5-6,8-12H,4,7,13-14H2,1-2H3. The van der Waals surface area contributed by atoms with Crippen molar-refractivity contribution in [1.29, 1.82) is 0 Å². The summed E-state index contributed by atoms with van der Waals surface area (Å²) < 4.78 is 0. The van der Waals surface area contributed by atoms with Crippen molar-refractivity contribution in [2.24, 2.45) is 0 Å². The molecule has 0 aromatic rings. The number of hydrogen-bond donors (Lipinski definition) is 0. The summed E-state index contributed by atoms with van der Waals surface area (Å²) in [6, 6.07) is 0. The van der Waals surface area contributed by atoms with Crippen LogP contribution in [0.25, 0.3) is 0 Å². The summed E-state index contributed by atoms with van der Waals surface area (Å²) in [6.45, 7) is 4.20. The highest BCUT2D eigenvalue weighted by atomic mass is 13.8. The van der Waals surface area contributed by atoms with Crippen LogP contribution in [-0.4, -0.2) is 0 Å². The second-order valence-electron chi connectivity index (χ2n) is 3.12. The van der Waals surface area contributed by atoms with Gasteiger partial charge < -0.3 is 0 Å². The minimum absolute atomic E-state index is 1.07. The van der Waals surface area contributed by atoms with Crippen molar-refractivity contribution in [3.63, 3.8) is 0 Å². The molecule has 0 aliphatic carbocycles. The summed E-state index contributed by atoms with van der Waals surface area (Å²) in [5.74, 6) is 0. The highest BCUT2D eigenvalue weighted by molar-refractivity contribution is 5.02. The fourth-order valence-electron chi connectivity index (χ4n) is 1.01. The molecule has 0 bridgehead atoms. The lowest BCUT2D eigenvalue weighted by molar-refractivity contribution is 1.04. The molecular weight excluding hydrogens is 168 g/mol. The molecule has 78 valence electrons. The molecule has 0 radical (unpaired) electrons. The maximum atomic E-state index is 2.24. The molecule has 0 aromatic heterocycles. The van der Waals surface area contributed by atoms with Crippen LogP contribution in [-0.2, 0) is 0 Å². The minimum atomic E-state index is 1.07. The molecule has 0 heterocycles. The predicted octanol–water partition coefficient (Wildman–Crippen LogP) is 4.81. The van der Waals surface area contributed by atoms with Gasteiger partial charge in [0.1, 0.15) is 0 Å². The summed E-state index contributed by atoms with van der Waals surface area (Å²) in [6.07, 6.45) is 21.8. The van der Waals surface area contributed by atoms with Crippen LogP contribution in [0.15, 0.2) is 48.6 Å². The average molecular weight is 190 g/mol. The number of hydrogen-bond acceptors (Lipinski definition) is 0. The molecule has 0 rings (SSSR count). The van der Waals surface area contributed by atoms with Gasteiger partial charge in [-0.05, 0) is 32.6 Å². The third-order valence-electron chi connectivity index (χ3n) is 1.79. The van der Waals surface area contributed by atoms with E-state index in [4.69, 9.17) is 0 Å². The zero-order valence-electron chi connectivity index (χ0n) is 9.45. The molecule has 14 heavy (non-hydrogen) atoms. The van der Waals surface area contributed by atoms with Gasteiger partial charge in [-0.3, -0.25) is 0 Å². The molecule has 0 N–H and O–H groups in total. The second kappa shape index (κ2) is 12.0. The van der Waals surface area contributed by atoms with E-state index in [-0.39, 0.29) is 0 Å². The van der Waals surface area contributed by atoms with Crippen molar-refractivity contribution in [1.82, 2.24) is 0 Å². The molecule has 0 aromatic carbocycles. The van der Waals surface area contributed by atoms with Crippen molar-refractivity contribution in [2.75, 3.05) is 0 Å². The smallest absolute Gasteiger partial charge is 0.0169 e. The number of rotatable bonds is 7. The normalized spacial score (nSPS) is 13.0. The Bertz CT molecular complexity index is 204. The van der Waals surface area contributed by atoms with Gasteiger partial charge in [-0.25, -0.2) is 0 Å². The molecule has 0 aliphatic rings. The Balaban J connectivity index is 3.32. The number of unbranched alkanes of at least 4 members (excludes halogenated alkanes) is 1. The summed E-state index contributed by atoms with van der Waals surface area (Å²) in [7, 11) is 0. The topological polar surface area (TPSA) is 0 Å². The fourth-order valence-corrected chi connectivity index (χ4v) is 1.01. The fraction of sp³-hybridized carbons (Fsp3) is 0.429. The Morgan fingerprint density at radius 1 is 0.786 bits per heavy atom. The zero-order chi connectivity index (χ0) is 10.5. The van der Waals surface area contributed by atoms with E-state index in [1.165, 1.54) is 0 Å². The molecule has 0 spiro atoms. The van der Waals surface area contributed by atoms with Crippen LogP contribution < -0.4 is 0 Å². The Labute approximate surface area is 88.7 Å². The molecule has 0 amide bonds. The maximum Gasteiger partial charge on any atom is -0.0169 e. The first-order chi connectivity index (χ1) is 6.91. The maximum absolute atomic E-state index is 2.24. The molecular formula is C14H22. The van der Waals surface area contributed by atoms with Crippen LogP contribution >= 0.6 is 0 Å². The molecule has 0 fully saturated rings. The van der Waals surface area contributed by atoms with Gasteiger partial charge in [0.15, 0.2) is 0 Å². The van der Waals surface area contributed by atoms with Gasteiger partial charge in [0.2, 0.25) is 0 Å². The molecule has 0 nitrogen and oxygen atoms in total. The summed E-state index contributed by atoms with van der Waals surface area (Å²) in [5.41, 5.74) is 0. The van der Waals surface area contributed by atoms with Crippen LogP contribution in [0.1, 0.15) is 39.5 Å². The van der Waals surface area contributed by atoms with Gasteiger partial charge in [-0.1, -0.05) is 55.5 Å². The Morgan fingerprint density at radius 3 is 2.21 bits per heavy atom. The van der Waals surface area contributed by atoms with Gasteiger partial charge in [-0.15, -0.1) is 0 Å². The summed E-state index contributed by atoms with van der Waals surface area (Å²) in [4.78, 5) is 0. The SMILES string of the molecule is CC=CCC=CCCC=CC=CCC. The third kappa shape index (κ3) is 11.0. The summed E-state index contributed by atoms with van der Waals surface area (Å²) in [5, 5.41) is 0. The second-order valence-corrected chi connectivity index (χ2v) is 3.12. The first kappa shape index (κ1) is 13.0. The van der Waals surface area contributed by atoms with Crippen molar-refractivity contribution in [3.05, 3.63) is 48.6 Å². The predicted molar refractivity (Wildman–Crippen MR) is 66.4 cm³/mol. The lowest BCUT2D eigenvalue weighted by atomic mass is 10.2.